The number of benzene rings is 1. The fraction of sp³-hybridized carbons (Fsp3) is 0.636. The second-order valence-electron chi connectivity index (χ2n) is 9.31. The second-order valence-corrected chi connectivity index (χ2v) is 9.31. The average molecular weight is 339 g/mol. The molecule has 0 heterocycles. The van der Waals surface area contributed by atoms with Crippen molar-refractivity contribution in [1.29, 1.82) is 0 Å². The van der Waals surface area contributed by atoms with E-state index in [-0.39, 0.29) is 22.7 Å². The van der Waals surface area contributed by atoms with Crippen molar-refractivity contribution in [3.8, 4) is 0 Å². The van der Waals surface area contributed by atoms with Crippen molar-refractivity contribution in [2.24, 2.45) is 16.7 Å². The quantitative estimate of drug-likeness (QED) is 0.901. The van der Waals surface area contributed by atoms with E-state index in [0.29, 0.717) is 30.6 Å². The Morgan fingerprint density at radius 3 is 2.84 bits per heavy atom. The van der Waals surface area contributed by atoms with Crippen LogP contribution < -0.4 is 5.32 Å². The van der Waals surface area contributed by atoms with E-state index in [4.69, 9.17) is 0 Å². The first-order valence-corrected chi connectivity index (χ1v) is 9.69. The zero-order valence-corrected chi connectivity index (χ0v) is 15.8. The zero-order chi connectivity index (χ0) is 18.0. The van der Waals surface area contributed by atoms with Crippen molar-refractivity contribution in [3.63, 3.8) is 0 Å². The van der Waals surface area contributed by atoms with Gasteiger partial charge >= 0.3 is 0 Å². The maximum Gasteiger partial charge on any atom is 0.228 e. The molecule has 4 unspecified atom stereocenters. The monoisotopic (exact) mass is 339 g/mol. The molecule has 3 heteroatoms. The Bertz CT molecular complexity index is 752. The van der Waals surface area contributed by atoms with E-state index in [2.05, 4.69) is 51.2 Å². The SMILES string of the molecule is Cc1cccc2c1C(C(=O)NCC(C)C)C13CC(=O)C(C)(CCC21)C3. The van der Waals surface area contributed by atoms with Crippen LogP contribution in [-0.2, 0) is 9.59 Å². The molecule has 0 aliphatic heterocycles. The smallest absolute Gasteiger partial charge is 0.228 e. The number of carbonyl (C=O) groups excluding carboxylic acids is 2. The first-order valence-electron chi connectivity index (χ1n) is 9.69. The maximum atomic E-state index is 13.3. The fourth-order valence-corrected chi connectivity index (χ4v) is 5.98. The van der Waals surface area contributed by atoms with Crippen LogP contribution in [0.15, 0.2) is 18.2 Å². The Morgan fingerprint density at radius 2 is 2.12 bits per heavy atom. The van der Waals surface area contributed by atoms with Gasteiger partial charge in [0, 0.05) is 23.8 Å². The number of hydrogen-bond acceptors (Lipinski definition) is 2. The van der Waals surface area contributed by atoms with Gasteiger partial charge in [0.25, 0.3) is 0 Å². The van der Waals surface area contributed by atoms with E-state index in [9.17, 15) is 9.59 Å². The van der Waals surface area contributed by atoms with E-state index in [1.807, 2.05) is 0 Å². The second kappa shape index (κ2) is 5.43. The lowest BCUT2D eigenvalue weighted by atomic mass is 9.60. The van der Waals surface area contributed by atoms with E-state index in [1.165, 1.54) is 16.7 Å². The number of rotatable bonds is 3. The van der Waals surface area contributed by atoms with Gasteiger partial charge in [-0.2, -0.15) is 0 Å². The molecule has 134 valence electrons. The molecule has 3 nitrogen and oxygen atoms in total. The van der Waals surface area contributed by atoms with Crippen molar-refractivity contribution in [3.05, 3.63) is 34.9 Å². The van der Waals surface area contributed by atoms with Crippen LogP contribution in [0.3, 0.4) is 0 Å². The van der Waals surface area contributed by atoms with E-state index >= 15 is 0 Å². The summed E-state index contributed by atoms with van der Waals surface area (Å²) in [5, 5.41) is 3.18. The third-order valence-corrected chi connectivity index (χ3v) is 7.10. The summed E-state index contributed by atoms with van der Waals surface area (Å²) >= 11 is 0. The standard InChI is InChI=1S/C22H29NO2/c1-13(2)11-23-20(25)19-18-14(3)6-5-7-15(18)16-8-9-21(4)12-22(16,19)10-17(21)24/h5-7,13,16,19H,8-12H2,1-4H3,(H,23,25). The van der Waals surface area contributed by atoms with Crippen LogP contribution in [0.5, 0.6) is 0 Å². The van der Waals surface area contributed by atoms with Gasteiger partial charge in [-0.25, -0.2) is 0 Å². The minimum atomic E-state index is -0.219. The van der Waals surface area contributed by atoms with Gasteiger partial charge in [0.05, 0.1) is 5.92 Å². The molecule has 4 atom stereocenters. The molecule has 1 amide bonds. The molecular weight excluding hydrogens is 310 g/mol. The molecule has 1 N–H and O–H groups in total. The highest BCUT2D eigenvalue weighted by atomic mass is 16.2. The van der Waals surface area contributed by atoms with Crippen molar-refractivity contribution in [1.82, 2.24) is 5.32 Å². The number of Topliss-reactive ketones (excluding diaryl/α,β-unsaturated/α-hetero) is 1. The van der Waals surface area contributed by atoms with Gasteiger partial charge < -0.3 is 5.32 Å². The number of hydrogen-bond donors (Lipinski definition) is 1. The highest BCUT2D eigenvalue weighted by Gasteiger charge is 2.66. The summed E-state index contributed by atoms with van der Waals surface area (Å²) in [6.07, 6.45) is 3.44. The molecule has 3 aliphatic rings. The highest BCUT2D eigenvalue weighted by molar-refractivity contribution is 5.94. The van der Waals surface area contributed by atoms with Crippen molar-refractivity contribution in [2.45, 2.75) is 65.2 Å². The number of carbonyl (C=O) groups is 2. The molecule has 0 saturated heterocycles. The molecule has 0 radical (unpaired) electrons. The van der Waals surface area contributed by atoms with Gasteiger partial charge in [-0.05, 0) is 54.7 Å². The van der Waals surface area contributed by atoms with Crippen molar-refractivity contribution in [2.75, 3.05) is 6.54 Å². The predicted octanol–water partition coefficient (Wildman–Crippen LogP) is 4.10. The number of aryl methyl sites for hydroxylation is 1. The molecular formula is C22H29NO2. The summed E-state index contributed by atoms with van der Waals surface area (Å²) in [5.41, 5.74) is 3.34. The van der Waals surface area contributed by atoms with Crippen molar-refractivity contribution < 1.29 is 9.59 Å². The lowest BCUT2D eigenvalue weighted by Crippen LogP contribution is -2.41. The van der Waals surface area contributed by atoms with Gasteiger partial charge in [0.1, 0.15) is 5.78 Å². The summed E-state index contributed by atoms with van der Waals surface area (Å²) in [6, 6.07) is 6.43. The molecule has 1 aromatic carbocycles. The molecule has 2 bridgehead atoms. The van der Waals surface area contributed by atoms with Crippen LogP contribution in [-0.4, -0.2) is 18.2 Å². The third kappa shape index (κ3) is 2.24. The molecule has 1 spiro atoms. The summed E-state index contributed by atoms with van der Waals surface area (Å²) in [6.45, 7) is 9.17. The van der Waals surface area contributed by atoms with Gasteiger partial charge in [-0.1, -0.05) is 39.0 Å². The minimum absolute atomic E-state index is 0.130. The molecule has 2 saturated carbocycles. The zero-order valence-electron chi connectivity index (χ0n) is 15.8. The number of amides is 1. The molecule has 4 rings (SSSR count). The normalized spacial score (nSPS) is 35.6. The summed E-state index contributed by atoms with van der Waals surface area (Å²) in [4.78, 5) is 26.1. The van der Waals surface area contributed by atoms with E-state index in [0.717, 1.165) is 19.3 Å². The predicted molar refractivity (Wildman–Crippen MR) is 98.5 cm³/mol. The highest BCUT2D eigenvalue weighted by Crippen LogP contribution is 2.71. The Morgan fingerprint density at radius 1 is 1.36 bits per heavy atom. The third-order valence-electron chi connectivity index (χ3n) is 7.10. The summed E-state index contributed by atoms with van der Waals surface area (Å²) < 4.78 is 0. The van der Waals surface area contributed by atoms with E-state index < -0.39 is 0 Å². The van der Waals surface area contributed by atoms with Crippen molar-refractivity contribution >= 4 is 11.7 Å². The van der Waals surface area contributed by atoms with Gasteiger partial charge in [-0.15, -0.1) is 0 Å². The minimum Gasteiger partial charge on any atom is -0.355 e. The Hall–Kier alpha value is -1.64. The van der Waals surface area contributed by atoms with Crippen LogP contribution in [0.2, 0.25) is 0 Å². The first kappa shape index (κ1) is 16.8. The lowest BCUT2D eigenvalue weighted by molar-refractivity contribution is -0.126. The maximum absolute atomic E-state index is 13.3. The Balaban J connectivity index is 1.82. The van der Waals surface area contributed by atoms with Crippen LogP contribution >= 0.6 is 0 Å². The largest absolute Gasteiger partial charge is 0.355 e. The average Bonchev–Trinajstić information content (AvgIpc) is 2.93. The van der Waals surface area contributed by atoms with Crippen LogP contribution in [0, 0.1) is 23.7 Å². The van der Waals surface area contributed by atoms with Crippen LogP contribution in [0.25, 0.3) is 0 Å². The first-order chi connectivity index (χ1) is 11.8. The number of fused-ring (bicyclic) bond motifs is 3. The van der Waals surface area contributed by atoms with Crippen LogP contribution in [0.1, 0.15) is 75.0 Å². The topological polar surface area (TPSA) is 46.2 Å². The van der Waals surface area contributed by atoms with Crippen LogP contribution in [0.4, 0.5) is 0 Å². The summed E-state index contributed by atoms with van der Waals surface area (Å²) in [7, 11) is 0. The van der Waals surface area contributed by atoms with Gasteiger partial charge in [-0.3, -0.25) is 9.59 Å². The molecule has 0 aromatic heterocycles. The molecule has 3 aliphatic carbocycles. The summed E-state index contributed by atoms with van der Waals surface area (Å²) in [5.74, 6) is 1.12. The fourth-order valence-electron chi connectivity index (χ4n) is 5.98. The Kier molecular flexibility index (Phi) is 3.65. The molecule has 25 heavy (non-hydrogen) atoms. The van der Waals surface area contributed by atoms with Gasteiger partial charge in [0.15, 0.2) is 0 Å². The van der Waals surface area contributed by atoms with Gasteiger partial charge in [0.2, 0.25) is 5.91 Å². The molecule has 1 aromatic rings. The Labute approximate surface area is 150 Å². The number of nitrogens with one attached hydrogen (secondary N) is 1. The lowest BCUT2D eigenvalue weighted by Gasteiger charge is -2.42. The van der Waals surface area contributed by atoms with E-state index in [1.54, 1.807) is 0 Å². The number of ketones is 1. The molecule has 2 fully saturated rings.